The summed E-state index contributed by atoms with van der Waals surface area (Å²) in [7, 11) is 2.07. The molecule has 1 amide bonds. The number of carbonyl (C=O) groups is 1. The van der Waals surface area contributed by atoms with E-state index in [1.807, 2.05) is 18.3 Å². The molecule has 6 heteroatoms. The van der Waals surface area contributed by atoms with Crippen LogP contribution in [0.1, 0.15) is 24.8 Å². The van der Waals surface area contributed by atoms with Crippen molar-refractivity contribution >= 4 is 34.0 Å². The number of hydrogen-bond donors (Lipinski definition) is 2. The molecule has 1 fully saturated rings. The van der Waals surface area contributed by atoms with Crippen molar-refractivity contribution in [3.05, 3.63) is 85.2 Å². The summed E-state index contributed by atoms with van der Waals surface area (Å²) < 4.78 is 2.15. The van der Waals surface area contributed by atoms with E-state index in [0.29, 0.717) is 6.54 Å². The Bertz CT molecular complexity index is 1370. The molecule has 2 aromatic carbocycles. The third kappa shape index (κ3) is 4.92. The van der Waals surface area contributed by atoms with Gasteiger partial charge in [-0.25, -0.2) is 4.98 Å². The second-order valence-corrected chi connectivity index (χ2v) is 9.05. The molecule has 5 rings (SSSR count). The van der Waals surface area contributed by atoms with E-state index in [9.17, 15) is 4.79 Å². The van der Waals surface area contributed by atoms with E-state index in [0.717, 1.165) is 41.4 Å². The number of benzene rings is 2. The van der Waals surface area contributed by atoms with E-state index in [1.165, 1.54) is 41.8 Å². The molecule has 1 aliphatic rings. The molecule has 4 aromatic rings. The van der Waals surface area contributed by atoms with Crippen LogP contribution in [-0.2, 0) is 18.4 Å². The fourth-order valence-electron chi connectivity index (χ4n) is 4.85. The molecule has 0 atom stereocenters. The molecule has 1 aliphatic heterocycles. The summed E-state index contributed by atoms with van der Waals surface area (Å²) in [5.74, 6) is 0.616. The van der Waals surface area contributed by atoms with Crippen LogP contribution in [0.15, 0.2) is 79.6 Å². The highest BCUT2D eigenvalue weighted by atomic mass is 16.1. The van der Waals surface area contributed by atoms with E-state index >= 15 is 0 Å². The molecule has 0 radical (unpaired) electrons. The van der Waals surface area contributed by atoms with Gasteiger partial charge in [-0.1, -0.05) is 30.8 Å². The number of rotatable bonds is 7. The lowest BCUT2D eigenvalue weighted by atomic mass is 10.1. The second-order valence-electron chi connectivity index (χ2n) is 9.05. The lowest BCUT2D eigenvalue weighted by molar-refractivity contribution is -0.111. The molecule has 3 heterocycles. The predicted molar refractivity (Wildman–Crippen MR) is 145 cm³/mol. The largest absolute Gasteiger partial charge is 0.370 e. The van der Waals surface area contributed by atoms with Gasteiger partial charge in [-0.3, -0.25) is 4.79 Å². The number of nitrogens with zero attached hydrogens (tertiary/aromatic N) is 3. The van der Waals surface area contributed by atoms with Crippen molar-refractivity contribution in [2.24, 2.45) is 7.05 Å². The van der Waals surface area contributed by atoms with Gasteiger partial charge in [0, 0.05) is 55.5 Å². The van der Waals surface area contributed by atoms with E-state index in [-0.39, 0.29) is 5.91 Å². The van der Waals surface area contributed by atoms with Crippen LogP contribution in [0.25, 0.3) is 22.0 Å². The Morgan fingerprint density at radius 2 is 1.91 bits per heavy atom. The van der Waals surface area contributed by atoms with E-state index in [1.54, 1.807) is 0 Å². The average molecular weight is 466 g/mol. The zero-order chi connectivity index (χ0) is 24.2. The molecule has 6 nitrogen and oxygen atoms in total. The lowest BCUT2D eigenvalue weighted by Crippen LogP contribution is -2.30. The Balaban J connectivity index is 1.37. The topological polar surface area (TPSA) is 62.2 Å². The van der Waals surface area contributed by atoms with Gasteiger partial charge in [0.05, 0.1) is 11.4 Å². The molecular weight excluding hydrogens is 434 g/mol. The average Bonchev–Trinajstić information content (AvgIpc) is 3.25. The zero-order valence-electron chi connectivity index (χ0n) is 20.1. The number of pyridine rings is 1. The highest BCUT2D eigenvalue weighted by Crippen LogP contribution is 2.32. The molecule has 0 unspecified atom stereocenters. The first-order valence-electron chi connectivity index (χ1n) is 12.2. The molecule has 2 N–H and O–H groups in total. The number of fused-ring (bicyclic) bond motifs is 1. The maximum Gasteiger partial charge on any atom is 0.247 e. The van der Waals surface area contributed by atoms with Gasteiger partial charge in [0.1, 0.15) is 5.82 Å². The molecule has 1 saturated heterocycles. The van der Waals surface area contributed by atoms with Crippen LogP contribution in [0.5, 0.6) is 0 Å². The van der Waals surface area contributed by atoms with Gasteiger partial charge in [0.2, 0.25) is 5.91 Å². The van der Waals surface area contributed by atoms with Gasteiger partial charge in [-0.15, -0.1) is 0 Å². The van der Waals surface area contributed by atoms with Crippen LogP contribution in [0, 0.1) is 0 Å². The summed E-state index contributed by atoms with van der Waals surface area (Å²) in [6.07, 6.45) is 8.94. The first kappa shape index (κ1) is 22.7. The van der Waals surface area contributed by atoms with E-state index < -0.39 is 0 Å². The molecule has 0 bridgehead atoms. The van der Waals surface area contributed by atoms with Gasteiger partial charge >= 0.3 is 0 Å². The van der Waals surface area contributed by atoms with E-state index in [2.05, 4.69) is 87.4 Å². The summed E-state index contributed by atoms with van der Waals surface area (Å²) in [6.45, 7) is 6.23. The molecular formula is C29H31N5O. The number of hydrogen-bond acceptors (Lipinski definition) is 4. The first-order chi connectivity index (χ1) is 17.1. The normalized spacial score (nSPS) is 13.6. The van der Waals surface area contributed by atoms with E-state index in [4.69, 9.17) is 0 Å². The molecule has 2 aromatic heterocycles. The van der Waals surface area contributed by atoms with Gasteiger partial charge < -0.3 is 20.1 Å². The fourth-order valence-corrected chi connectivity index (χ4v) is 4.85. The Hall–Kier alpha value is -4.06. The quantitative estimate of drug-likeness (QED) is 0.330. The Kier molecular flexibility index (Phi) is 6.53. The smallest absolute Gasteiger partial charge is 0.247 e. The lowest BCUT2D eigenvalue weighted by Gasteiger charge is -2.30. The molecule has 0 aliphatic carbocycles. The highest BCUT2D eigenvalue weighted by molar-refractivity contribution is 6.01. The summed E-state index contributed by atoms with van der Waals surface area (Å²) in [5.41, 5.74) is 6.49. The van der Waals surface area contributed by atoms with Gasteiger partial charge in [0.25, 0.3) is 0 Å². The Morgan fingerprint density at radius 3 is 2.74 bits per heavy atom. The molecule has 35 heavy (non-hydrogen) atoms. The van der Waals surface area contributed by atoms with Crippen LogP contribution in [-0.4, -0.2) is 28.5 Å². The highest BCUT2D eigenvalue weighted by Gasteiger charge is 2.16. The zero-order valence-corrected chi connectivity index (χ0v) is 20.1. The van der Waals surface area contributed by atoms with Crippen LogP contribution in [0.2, 0.25) is 0 Å². The van der Waals surface area contributed by atoms with Crippen LogP contribution >= 0.6 is 0 Å². The number of para-hydroxylation sites is 1. The number of aryl methyl sites for hydroxylation is 1. The number of nitrogens with one attached hydrogen (secondary N) is 2. The molecule has 0 saturated carbocycles. The minimum absolute atomic E-state index is 0.196. The fraction of sp³-hybridized carbons (Fsp3) is 0.241. The summed E-state index contributed by atoms with van der Waals surface area (Å²) >= 11 is 0. The predicted octanol–water partition coefficient (Wildman–Crippen LogP) is 5.97. The van der Waals surface area contributed by atoms with Gasteiger partial charge in [-0.2, -0.15) is 0 Å². The van der Waals surface area contributed by atoms with Gasteiger partial charge in [-0.05, 0) is 66.8 Å². The molecule has 178 valence electrons. The third-order valence-electron chi connectivity index (χ3n) is 6.64. The van der Waals surface area contributed by atoms with Crippen LogP contribution in [0.3, 0.4) is 0 Å². The number of amides is 1. The van der Waals surface area contributed by atoms with Crippen molar-refractivity contribution in [3.8, 4) is 11.1 Å². The summed E-state index contributed by atoms with van der Waals surface area (Å²) in [5, 5.41) is 7.68. The van der Waals surface area contributed by atoms with Gasteiger partial charge in [0.15, 0.2) is 0 Å². The standard InChI is InChI=1S/C29H31N5O/c1-3-29(35)32-25-17-21(11-12-27(25)34-15-7-4-8-16-34)19-31-28-18-22(13-14-30-28)24-20-33(2)26-10-6-5-9-23(24)26/h3,5-6,9-14,17-18,20H,1,4,7-8,15-16,19H2,2H3,(H,30,31)(H,32,35). The SMILES string of the molecule is C=CC(=O)Nc1cc(CNc2cc(-c3cn(C)c4ccccc34)ccn2)ccc1N1CCCCC1. The second kappa shape index (κ2) is 10.1. The van der Waals surface area contributed by atoms with Crippen molar-refractivity contribution in [2.45, 2.75) is 25.8 Å². The monoisotopic (exact) mass is 465 g/mol. The minimum atomic E-state index is -0.196. The van der Waals surface area contributed by atoms with Crippen LogP contribution in [0.4, 0.5) is 17.2 Å². The van der Waals surface area contributed by atoms with Crippen molar-refractivity contribution < 1.29 is 4.79 Å². The molecule has 0 spiro atoms. The minimum Gasteiger partial charge on any atom is -0.370 e. The number of anilines is 3. The Labute approximate surface area is 206 Å². The van der Waals surface area contributed by atoms with Crippen molar-refractivity contribution in [3.63, 3.8) is 0 Å². The maximum absolute atomic E-state index is 12.1. The third-order valence-corrected chi connectivity index (χ3v) is 6.64. The number of carbonyl (C=O) groups excluding carboxylic acids is 1. The number of piperidine rings is 1. The van der Waals surface area contributed by atoms with Crippen molar-refractivity contribution in [1.29, 1.82) is 0 Å². The Morgan fingerprint density at radius 1 is 1.09 bits per heavy atom. The summed E-state index contributed by atoms with van der Waals surface area (Å²) in [6, 6.07) is 18.8. The van der Waals surface area contributed by atoms with Crippen LogP contribution < -0.4 is 15.5 Å². The maximum atomic E-state index is 12.1. The number of aromatic nitrogens is 2. The summed E-state index contributed by atoms with van der Waals surface area (Å²) in [4.78, 5) is 19.0. The van der Waals surface area contributed by atoms with Crippen molar-refractivity contribution in [2.75, 3.05) is 28.6 Å². The first-order valence-corrected chi connectivity index (χ1v) is 12.2. The van der Waals surface area contributed by atoms with Crippen molar-refractivity contribution in [1.82, 2.24) is 9.55 Å².